The Balaban J connectivity index is 1.89. The van der Waals surface area contributed by atoms with Gasteiger partial charge in [-0.15, -0.1) is 0 Å². The van der Waals surface area contributed by atoms with Gasteiger partial charge in [-0.05, 0) is 36.4 Å². The van der Waals surface area contributed by atoms with E-state index in [-0.39, 0.29) is 0 Å². The molecule has 0 spiro atoms. The van der Waals surface area contributed by atoms with Crippen molar-refractivity contribution in [2.24, 2.45) is 5.10 Å². The second-order valence-corrected chi connectivity index (χ2v) is 4.32. The average molecular weight is 265 g/mol. The molecule has 100 valence electrons. The van der Waals surface area contributed by atoms with E-state index < -0.39 is 0 Å². The minimum absolute atomic E-state index is 0.808. The minimum Gasteiger partial charge on any atom is -0.465 e. The lowest BCUT2D eigenvalue weighted by atomic mass is 10.3. The smallest absolute Gasteiger partial charge is 0.131 e. The van der Waals surface area contributed by atoms with Gasteiger partial charge >= 0.3 is 0 Å². The van der Waals surface area contributed by atoms with Gasteiger partial charge in [-0.1, -0.05) is 19.1 Å². The van der Waals surface area contributed by atoms with Crippen LogP contribution in [0.1, 0.15) is 18.5 Å². The molecule has 3 aromatic rings. The highest BCUT2D eigenvalue weighted by atomic mass is 16.3. The Morgan fingerprint density at radius 1 is 1.25 bits per heavy atom. The fourth-order valence-electron chi connectivity index (χ4n) is 2.05. The molecular weight excluding hydrogens is 250 g/mol. The molecular formula is C16H15N3O. The van der Waals surface area contributed by atoms with Gasteiger partial charge in [0.15, 0.2) is 0 Å². The van der Waals surface area contributed by atoms with Gasteiger partial charge in [0.1, 0.15) is 11.6 Å². The maximum atomic E-state index is 5.22. The van der Waals surface area contributed by atoms with Crippen LogP contribution in [0.5, 0.6) is 0 Å². The van der Waals surface area contributed by atoms with Gasteiger partial charge in [0, 0.05) is 12.6 Å². The zero-order valence-corrected chi connectivity index (χ0v) is 11.2. The molecule has 0 amide bonds. The third kappa shape index (κ3) is 2.40. The molecule has 0 saturated heterocycles. The lowest BCUT2D eigenvalue weighted by Crippen LogP contribution is -1.95. The molecule has 2 aromatic heterocycles. The van der Waals surface area contributed by atoms with Gasteiger partial charge in [-0.2, -0.15) is 5.10 Å². The van der Waals surface area contributed by atoms with Gasteiger partial charge in [-0.25, -0.2) is 9.66 Å². The molecule has 1 aromatic carbocycles. The van der Waals surface area contributed by atoms with E-state index in [4.69, 9.17) is 4.42 Å². The van der Waals surface area contributed by atoms with E-state index in [1.165, 1.54) is 0 Å². The summed E-state index contributed by atoms with van der Waals surface area (Å²) in [6.07, 6.45) is 7.96. The predicted octanol–water partition coefficient (Wildman–Crippen LogP) is 3.74. The van der Waals surface area contributed by atoms with Crippen molar-refractivity contribution in [2.45, 2.75) is 13.3 Å². The number of hydrogen-bond donors (Lipinski definition) is 0. The Kier molecular flexibility index (Phi) is 3.46. The SMILES string of the molecule is CCc1nc2ccccc2n1/N=C/C=C/c1ccco1. The van der Waals surface area contributed by atoms with Gasteiger partial charge in [0.05, 0.1) is 17.3 Å². The Labute approximate surface area is 117 Å². The summed E-state index contributed by atoms with van der Waals surface area (Å²) in [6.45, 7) is 2.08. The number of allylic oxidation sites excluding steroid dienone is 1. The van der Waals surface area contributed by atoms with E-state index in [1.807, 2.05) is 53.2 Å². The Bertz CT molecular complexity index is 751. The van der Waals surface area contributed by atoms with Crippen LogP contribution in [0.25, 0.3) is 17.1 Å². The maximum Gasteiger partial charge on any atom is 0.131 e. The maximum absolute atomic E-state index is 5.22. The van der Waals surface area contributed by atoms with Crippen LogP contribution in [0.15, 0.2) is 58.3 Å². The van der Waals surface area contributed by atoms with Crippen LogP contribution in [0.4, 0.5) is 0 Å². The zero-order chi connectivity index (χ0) is 13.8. The van der Waals surface area contributed by atoms with E-state index in [0.29, 0.717) is 0 Å². The number of fused-ring (bicyclic) bond motifs is 1. The fraction of sp³-hybridized carbons (Fsp3) is 0.125. The number of aryl methyl sites for hydroxylation is 1. The topological polar surface area (TPSA) is 43.3 Å². The number of para-hydroxylation sites is 2. The lowest BCUT2D eigenvalue weighted by molar-refractivity contribution is 0.557. The monoisotopic (exact) mass is 265 g/mol. The molecule has 20 heavy (non-hydrogen) atoms. The molecule has 0 aliphatic rings. The summed E-state index contributed by atoms with van der Waals surface area (Å²) < 4.78 is 7.10. The Hall–Kier alpha value is -2.62. The summed E-state index contributed by atoms with van der Waals surface area (Å²) in [5, 5.41) is 4.47. The van der Waals surface area contributed by atoms with Gasteiger partial charge < -0.3 is 4.42 Å². The summed E-state index contributed by atoms with van der Waals surface area (Å²) >= 11 is 0. The lowest BCUT2D eigenvalue weighted by Gasteiger charge is -1.98. The van der Waals surface area contributed by atoms with Crippen LogP contribution in [-0.2, 0) is 6.42 Å². The first kappa shape index (κ1) is 12.4. The molecule has 0 aliphatic carbocycles. The number of imidazole rings is 1. The molecule has 0 atom stereocenters. The summed E-state index contributed by atoms with van der Waals surface area (Å²) in [5.74, 6) is 1.76. The molecule has 0 fully saturated rings. The van der Waals surface area contributed by atoms with Crippen molar-refractivity contribution in [1.29, 1.82) is 0 Å². The highest BCUT2D eigenvalue weighted by molar-refractivity contribution is 5.80. The van der Waals surface area contributed by atoms with E-state index in [0.717, 1.165) is 29.0 Å². The molecule has 0 aliphatic heterocycles. The first-order valence-electron chi connectivity index (χ1n) is 6.59. The van der Waals surface area contributed by atoms with Crippen molar-refractivity contribution < 1.29 is 4.42 Å². The van der Waals surface area contributed by atoms with Crippen molar-refractivity contribution in [3.05, 3.63) is 60.3 Å². The average Bonchev–Trinajstić information content (AvgIpc) is 3.11. The van der Waals surface area contributed by atoms with Crippen LogP contribution < -0.4 is 0 Å². The molecule has 0 unspecified atom stereocenters. The summed E-state index contributed by atoms with van der Waals surface area (Å²) in [6, 6.07) is 11.8. The van der Waals surface area contributed by atoms with Crippen LogP contribution in [0.3, 0.4) is 0 Å². The van der Waals surface area contributed by atoms with Gasteiger partial charge in [0.2, 0.25) is 0 Å². The second-order valence-electron chi connectivity index (χ2n) is 4.32. The van der Waals surface area contributed by atoms with Crippen molar-refractivity contribution >= 4 is 23.3 Å². The third-order valence-corrected chi connectivity index (χ3v) is 2.99. The van der Waals surface area contributed by atoms with E-state index in [2.05, 4.69) is 17.0 Å². The summed E-state index contributed by atoms with van der Waals surface area (Å²) in [5.41, 5.74) is 1.99. The van der Waals surface area contributed by atoms with E-state index in [9.17, 15) is 0 Å². The number of benzene rings is 1. The highest BCUT2D eigenvalue weighted by Gasteiger charge is 2.06. The number of aromatic nitrogens is 2. The fourth-order valence-corrected chi connectivity index (χ4v) is 2.05. The van der Waals surface area contributed by atoms with E-state index >= 15 is 0 Å². The second kappa shape index (κ2) is 5.57. The standard InChI is InChI=1S/C16H15N3O/c1-2-16-18-14-9-3-4-10-15(14)19(16)17-11-5-7-13-8-6-12-20-13/h3-12H,2H2,1H3/b7-5+,17-11+. The quantitative estimate of drug-likeness (QED) is 0.674. The molecule has 0 N–H and O–H groups in total. The van der Waals surface area contributed by atoms with Crippen molar-refractivity contribution in [2.75, 3.05) is 0 Å². The molecule has 4 nitrogen and oxygen atoms in total. The van der Waals surface area contributed by atoms with Crippen LogP contribution in [0.2, 0.25) is 0 Å². The van der Waals surface area contributed by atoms with Crippen molar-refractivity contribution in [3.8, 4) is 0 Å². The zero-order valence-electron chi connectivity index (χ0n) is 11.2. The molecule has 0 saturated carbocycles. The number of hydrogen-bond acceptors (Lipinski definition) is 3. The van der Waals surface area contributed by atoms with Gasteiger partial charge in [0.25, 0.3) is 0 Å². The molecule has 0 bridgehead atoms. The molecule has 3 rings (SSSR count). The molecule has 0 radical (unpaired) electrons. The van der Waals surface area contributed by atoms with Crippen LogP contribution >= 0.6 is 0 Å². The van der Waals surface area contributed by atoms with E-state index in [1.54, 1.807) is 12.5 Å². The first-order valence-corrected chi connectivity index (χ1v) is 6.59. The molecule has 2 heterocycles. The number of nitrogens with zero attached hydrogens (tertiary/aromatic N) is 3. The van der Waals surface area contributed by atoms with Crippen LogP contribution in [-0.4, -0.2) is 15.9 Å². The molecule has 4 heteroatoms. The minimum atomic E-state index is 0.808. The highest BCUT2D eigenvalue weighted by Crippen LogP contribution is 2.15. The van der Waals surface area contributed by atoms with Crippen LogP contribution in [0, 0.1) is 0 Å². The predicted molar refractivity (Wildman–Crippen MR) is 80.7 cm³/mol. The summed E-state index contributed by atoms with van der Waals surface area (Å²) in [4.78, 5) is 4.57. The Morgan fingerprint density at radius 2 is 2.15 bits per heavy atom. The largest absolute Gasteiger partial charge is 0.465 e. The first-order chi connectivity index (χ1) is 9.88. The van der Waals surface area contributed by atoms with Crippen molar-refractivity contribution in [1.82, 2.24) is 9.66 Å². The Morgan fingerprint density at radius 3 is 2.95 bits per heavy atom. The number of rotatable bonds is 4. The third-order valence-electron chi connectivity index (χ3n) is 2.99. The van der Waals surface area contributed by atoms with Crippen molar-refractivity contribution in [3.63, 3.8) is 0 Å². The summed E-state index contributed by atoms with van der Waals surface area (Å²) in [7, 11) is 0. The van der Waals surface area contributed by atoms with Gasteiger partial charge in [-0.3, -0.25) is 0 Å². The normalized spacial score (nSPS) is 12.1. The number of furan rings is 1.